The van der Waals surface area contributed by atoms with Crippen LogP contribution in [0.2, 0.25) is 0 Å². The smallest absolute Gasteiger partial charge is 0.290 e. The second-order valence-corrected chi connectivity index (χ2v) is 8.77. The van der Waals surface area contributed by atoms with Gasteiger partial charge in [0.2, 0.25) is 5.78 Å². The fourth-order valence-corrected chi connectivity index (χ4v) is 4.34. The largest absolute Gasteiger partial charge is 0.503 e. The Morgan fingerprint density at radius 2 is 1.94 bits per heavy atom. The first-order valence-corrected chi connectivity index (χ1v) is 10.8. The molecule has 2 aromatic carbocycles. The molecule has 0 unspecified atom stereocenters. The van der Waals surface area contributed by atoms with E-state index in [4.69, 9.17) is 4.42 Å². The van der Waals surface area contributed by atoms with E-state index in [9.17, 15) is 14.7 Å². The molecule has 0 bridgehead atoms. The molecular weight excluding hydrogens is 460 g/mol. The van der Waals surface area contributed by atoms with E-state index in [2.05, 4.69) is 15.9 Å². The molecule has 3 aromatic rings. The molecule has 1 aliphatic rings. The van der Waals surface area contributed by atoms with Crippen molar-refractivity contribution in [2.24, 2.45) is 0 Å². The van der Waals surface area contributed by atoms with Gasteiger partial charge in [-0.3, -0.25) is 9.59 Å². The fourth-order valence-electron chi connectivity index (χ4n) is 3.92. The monoisotopic (exact) mass is 482 g/mol. The number of benzene rings is 2. The number of carbonyl (C=O) groups excluding carboxylic acids is 2. The van der Waals surface area contributed by atoms with E-state index < -0.39 is 23.5 Å². The number of furan rings is 1. The summed E-state index contributed by atoms with van der Waals surface area (Å²) < 4.78 is 6.57. The van der Waals surface area contributed by atoms with Gasteiger partial charge in [0.25, 0.3) is 5.91 Å². The van der Waals surface area contributed by atoms with Crippen LogP contribution in [0, 0.1) is 0 Å². The predicted octanol–water partition coefficient (Wildman–Crippen LogP) is 4.73. The zero-order valence-corrected chi connectivity index (χ0v) is 18.9. The van der Waals surface area contributed by atoms with Crippen molar-refractivity contribution < 1.29 is 19.1 Å². The minimum atomic E-state index is -0.687. The summed E-state index contributed by atoms with van der Waals surface area (Å²) in [4.78, 5) is 30.0. The molecule has 1 N–H and O–H groups in total. The number of ketones is 1. The third-order valence-corrected chi connectivity index (χ3v) is 5.86. The second-order valence-electron chi connectivity index (χ2n) is 7.85. The topological polar surface area (TPSA) is 74.0 Å². The zero-order chi connectivity index (χ0) is 22.1. The molecule has 160 valence electrons. The van der Waals surface area contributed by atoms with Crippen LogP contribution >= 0.6 is 15.9 Å². The van der Waals surface area contributed by atoms with Crippen molar-refractivity contribution in [3.63, 3.8) is 0 Å². The van der Waals surface area contributed by atoms with Gasteiger partial charge in [0.15, 0.2) is 11.5 Å². The highest BCUT2D eigenvalue weighted by Gasteiger charge is 2.44. The first kappa shape index (κ1) is 21.3. The zero-order valence-electron chi connectivity index (χ0n) is 17.3. The number of Topliss-reactive ketones (excluding diaryl/α,β-unsaturated/α-hetero) is 1. The van der Waals surface area contributed by atoms with Crippen LogP contribution in [-0.4, -0.2) is 53.8 Å². The normalized spacial score (nSPS) is 16.7. The number of hydrogen-bond donors (Lipinski definition) is 1. The molecule has 31 heavy (non-hydrogen) atoms. The van der Waals surface area contributed by atoms with Crippen molar-refractivity contribution in [3.05, 3.63) is 81.7 Å². The highest BCUT2D eigenvalue weighted by molar-refractivity contribution is 9.10. The van der Waals surface area contributed by atoms with Gasteiger partial charge in [-0.25, -0.2) is 0 Å². The summed E-state index contributed by atoms with van der Waals surface area (Å²) in [6, 6.07) is 15.7. The maximum Gasteiger partial charge on any atom is 0.290 e. The lowest BCUT2D eigenvalue weighted by molar-refractivity contribution is -0.129. The van der Waals surface area contributed by atoms with Gasteiger partial charge in [-0.15, -0.1) is 0 Å². The maximum atomic E-state index is 13.5. The number of amides is 1. The number of carbonyl (C=O) groups is 2. The Bertz CT molecular complexity index is 1150. The molecule has 4 rings (SSSR count). The molecule has 1 amide bonds. The van der Waals surface area contributed by atoms with E-state index in [1.807, 2.05) is 61.5 Å². The Hall–Kier alpha value is -2.90. The van der Waals surface area contributed by atoms with Gasteiger partial charge < -0.3 is 19.3 Å². The molecule has 0 aliphatic carbocycles. The standard InChI is InChI=1S/C24H23BrN2O4/c1-26(2)11-6-12-27-21(16-8-5-9-17(25)13-16)20(23(29)24(27)30)22(28)19-14-15-7-3-4-10-18(15)31-19/h3-5,7-10,13-14,21,29H,6,11-12H2,1-2H3/t21-/m0/s1. The Kier molecular flexibility index (Phi) is 5.98. The van der Waals surface area contributed by atoms with Crippen molar-refractivity contribution in [2.45, 2.75) is 12.5 Å². The lowest BCUT2D eigenvalue weighted by Gasteiger charge is -2.27. The van der Waals surface area contributed by atoms with Gasteiger partial charge in [-0.1, -0.05) is 46.3 Å². The Morgan fingerprint density at radius 3 is 2.65 bits per heavy atom. The van der Waals surface area contributed by atoms with E-state index in [1.165, 1.54) is 0 Å². The highest BCUT2D eigenvalue weighted by atomic mass is 79.9. The third-order valence-electron chi connectivity index (χ3n) is 5.37. The van der Waals surface area contributed by atoms with Crippen LogP contribution in [0.5, 0.6) is 0 Å². The first-order chi connectivity index (χ1) is 14.9. The minimum absolute atomic E-state index is 0.0482. The summed E-state index contributed by atoms with van der Waals surface area (Å²) in [6.07, 6.45) is 0.711. The van der Waals surface area contributed by atoms with Gasteiger partial charge in [0.05, 0.1) is 11.6 Å². The van der Waals surface area contributed by atoms with E-state index in [0.717, 1.165) is 22.0 Å². The summed E-state index contributed by atoms with van der Waals surface area (Å²) in [7, 11) is 3.92. The number of aliphatic hydroxyl groups excluding tert-OH is 1. The van der Waals surface area contributed by atoms with Crippen molar-refractivity contribution in [3.8, 4) is 0 Å². The van der Waals surface area contributed by atoms with E-state index in [-0.39, 0.29) is 11.3 Å². The molecule has 0 radical (unpaired) electrons. The van der Waals surface area contributed by atoms with Crippen LogP contribution in [0.15, 0.2) is 74.8 Å². The number of nitrogens with zero attached hydrogens (tertiary/aromatic N) is 2. The van der Waals surface area contributed by atoms with Crippen molar-refractivity contribution in [1.29, 1.82) is 0 Å². The number of halogens is 1. The van der Waals surface area contributed by atoms with E-state index >= 15 is 0 Å². The maximum absolute atomic E-state index is 13.5. The molecule has 0 saturated carbocycles. The third kappa shape index (κ3) is 4.16. The molecule has 1 aliphatic heterocycles. The van der Waals surface area contributed by atoms with Gasteiger partial charge >= 0.3 is 0 Å². The van der Waals surface area contributed by atoms with Crippen LogP contribution < -0.4 is 0 Å². The number of rotatable bonds is 7. The summed E-state index contributed by atoms with van der Waals surface area (Å²) >= 11 is 3.46. The van der Waals surface area contributed by atoms with Crippen LogP contribution in [0.25, 0.3) is 11.0 Å². The van der Waals surface area contributed by atoms with Crippen molar-refractivity contribution in [2.75, 3.05) is 27.2 Å². The second kappa shape index (κ2) is 8.69. The fraction of sp³-hybridized carbons (Fsp3) is 0.250. The molecule has 0 fully saturated rings. The molecule has 2 heterocycles. The molecule has 0 spiro atoms. The van der Waals surface area contributed by atoms with Crippen LogP contribution in [0.3, 0.4) is 0 Å². The summed E-state index contributed by atoms with van der Waals surface area (Å²) in [5.74, 6) is -1.43. The lowest BCUT2D eigenvalue weighted by atomic mass is 9.95. The van der Waals surface area contributed by atoms with E-state index in [1.54, 1.807) is 17.0 Å². The van der Waals surface area contributed by atoms with Gasteiger partial charge in [-0.05, 0) is 56.9 Å². The lowest BCUT2D eigenvalue weighted by Crippen LogP contribution is -2.33. The quantitative estimate of drug-likeness (QED) is 0.492. The summed E-state index contributed by atoms with van der Waals surface area (Å²) in [5, 5.41) is 11.5. The molecule has 1 atom stereocenters. The van der Waals surface area contributed by atoms with E-state index in [0.29, 0.717) is 18.5 Å². The number of para-hydroxylation sites is 1. The van der Waals surface area contributed by atoms with Crippen molar-refractivity contribution in [1.82, 2.24) is 9.80 Å². The highest BCUT2D eigenvalue weighted by Crippen LogP contribution is 2.40. The van der Waals surface area contributed by atoms with Gasteiger partial charge in [0, 0.05) is 16.4 Å². The average Bonchev–Trinajstić information content (AvgIpc) is 3.28. The molecular formula is C24H23BrN2O4. The minimum Gasteiger partial charge on any atom is -0.503 e. The number of fused-ring (bicyclic) bond motifs is 1. The first-order valence-electron chi connectivity index (χ1n) is 10.0. The molecule has 6 nitrogen and oxygen atoms in total. The van der Waals surface area contributed by atoms with Crippen LogP contribution in [0.4, 0.5) is 0 Å². The molecule has 7 heteroatoms. The number of hydrogen-bond acceptors (Lipinski definition) is 5. The van der Waals surface area contributed by atoms with Gasteiger partial charge in [0.1, 0.15) is 5.58 Å². The summed E-state index contributed by atoms with van der Waals surface area (Å²) in [6.45, 7) is 1.19. The van der Waals surface area contributed by atoms with Gasteiger partial charge in [-0.2, -0.15) is 0 Å². The summed E-state index contributed by atoms with van der Waals surface area (Å²) in [5.41, 5.74) is 1.38. The average molecular weight is 483 g/mol. The Balaban J connectivity index is 1.75. The van der Waals surface area contributed by atoms with Crippen LogP contribution in [0.1, 0.15) is 28.6 Å². The number of aliphatic hydroxyl groups is 1. The van der Waals surface area contributed by atoms with Crippen LogP contribution in [-0.2, 0) is 4.79 Å². The SMILES string of the molecule is CN(C)CCCN1C(=O)C(O)=C(C(=O)c2cc3ccccc3o2)[C@@H]1c1cccc(Br)c1. The molecule has 0 saturated heterocycles. The Morgan fingerprint density at radius 1 is 1.16 bits per heavy atom. The van der Waals surface area contributed by atoms with Crippen molar-refractivity contribution >= 4 is 38.6 Å². The predicted molar refractivity (Wildman–Crippen MR) is 122 cm³/mol. The molecule has 1 aromatic heterocycles. The Labute approximate surface area is 188 Å².